The molecule has 1 aromatic rings. The molecule has 0 radical (unpaired) electrons. The van der Waals surface area contributed by atoms with Crippen LogP contribution in [-0.4, -0.2) is 29.2 Å². The quantitative estimate of drug-likeness (QED) is 0.812. The van der Waals surface area contributed by atoms with E-state index in [1.165, 1.54) is 0 Å². The number of anilines is 1. The average molecular weight is 357 g/mol. The minimum atomic E-state index is -0.705. The predicted molar refractivity (Wildman–Crippen MR) is 97.6 cm³/mol. The fourth-order valence-electron chi connectivity index (χ4n) is 5.92. The summed E-state index contributed by atoms with van der Waals surface area (Å²) in [7, 11) is 0. The van der Waals surface area contributed by atoms with Gasteiger partial charge in [-0.15, -0.1) is 0 Å². The van der Waals surface area contributed by atoms with Gasteiger partial charge in [-0.25, -0.2) is 0 Å². The Hall–Kier alpha value is -1.88. The van der Waals surface area contributed by atoms with Gasteiger partial charge in [-0.3, -0.25) is 9.59 Å². The molecule has 1 amide bonds. The number of esters is 1. The van der Waals surface area contributed by atoms with E-state index < -0.39 is 11.0 Å². The molecule has 0 saturated heterocycles. The summed E-state index contributed by atoms with van der Waals surface area (Å²) in [5, 5.41) is 13.6. The second kappa shape index (κ2) is 6.08. The van der Waals surface area contributed by atoms with Gasteiger partial charge in [0.1, 0.15) is 0 Å². The Morgan fingerprint density at radius 3 is 2.35 bits per heavy atom. The Kier molecular flexibility index (Phi) is 4.10. The monoisotopic (exact) mass is 357 g/mol. The molecule has 26 heavy (non-hydrogen) atoms. The van der Waals surface area contributed by atoms with Crippen molar-refractivity contribution in [2.24, 2.45) is 17.3 Å². The summed E-state index contributed by atoms with van der Waals surface area (Å²) in [5.41, 5.74) is 1.44. The van der Waals surface area contributed by atoms with Crippen molar-refractivity contribution in [3.8, 4) is 0 Å². The third-order valence-corrected chi connectivity index (χ3v) is 6.54. The zero-order valence-corrected chi connectivity index (χ0v) is 15.5. The van der Waals surface area contributed by atoms with Gasteiger partial charge in [0, 0.05) is 5.69 Å². The average Bonchev–Trinajstić information content (AvgIpc) is 2.54. The molecule has 4 aliphatic rings. The van der Waals surface area contributed by atoms with Gasteiger partial charge in [0.15, 0.2) is 6.61 Å². The van der Waals surface area contributed by atoms with E-state index in [2.05, 4.69) is 5.32 Å². The highest BCUT2D eigenvalue weighted by atomic mass is 16.5. The number of aryl methyl sites for hydroxylation is 2. The van der Waals surface area contributed by atoms with Crippen LogP contribution >= 0.6 is 0 Å². The molecule has 0 spiro atoms. The Bertz CT molecular complexity index is 722. The van der Waals surface area contributed by atoms with Crippen LogP contribution in [-0.2, 0) is 14.3 Å². The van der Waals surface area contributed by atoms with Crippen molar-refractivity contribution in [1.29, 1.82) is 0 Å². The van der Waals surface area contributed by atoms with Gasteiger partial charge < -0.3 is 15.2 Å². The van der Waals surface area contributed by atoms with E-state index in [0.29, 0.717) is 18.3 Å². The number of carbonyl (C=O) groups excluding carboxylic acids is 2. The zero-order valence-electron chi connectivity index (χ0n) is 15.5. The van der Waals surface area contributed by atoms with Gasteiger partial charge in [-0.05, 0) is 75.3 Å². The van der Waals surface area contributed by atoms with Crippen LogP contribution in [0.25, 0.3) is 0 Å². The summed E-state index contributed by atoms with van der Waals surface area (Å²) in [5.74, 6) is 0.204. The lowest BCUT2D eigenvalue weighted by molar-refractivity contribution is -0.196. The summed E-state index contributed by atoms with van der Waals surface area (Å²) in [6, 6.07) is 5.81. The van der Waals surface area contributed by atoms with Crippen LogP contribution < -0.4 is 5.32 Å². The first-order valence-corrected chi connectivity index (χ1v) is 9.54. The highest BCUT2D eigenvalue weighted by Crippen LogP contribution is 2.61. The fraction of sp³-hybridized carbons (Fsp3) is 0.619. The zero-order chi connectivity index (χ0) is 18.5. The topological polar surface area (TPSA) is 75.6 Å². The lowest BCUT2D eigenvalue weighted by Gasteiger charge is -2.58. The minimum absolute atomic E-state index is 0.276. The second-order valence-electron chi connectivity index (χ2n) is 8.86. The normalized spacial score (nSPS) is 34.6. The van der Waals surface area contributed by atoms with E-state index >= 15 is 0 Å². The van der Waals surface area contributed by atoms with E-state index in [1.54, 1.807) is 0 Å². The number of nitrogens with one attached hydrogen (secondary N) is 1. The first kappa shape index (κ1) is 17.5. The molecular weight excluding hydrogens is 330 g/mol. The third kappa shape index (κ3) is 3.02. The number of para-hydroxylation sites is 1. The van der Waals surface area contributed by atoms with Crippen molar-refractivity contribution in [1.82, 2.24) is 0 Å². The SMILES string of the molecule is Cc1cccc(C)c1NC(=O)COC(=O)C12C[C@@H]3C[C@@H](CC(O)(C3)C1)C2. The van der Waals surface area contributed by atoms with Crippen LogP contribution in [0.4, 0.5) is 5.69 Å². The number of ether oxygens (including phenoxy) is 1. The predicted octanol–water partition coefficient (Wildman–Crippen LogP) is 3.12. The van der Waals surface area contributed by atoms with Gasteiger partial charge in [-0.1, -0.05) is 18.2 Å². The van der Waals surface area contributed by atoms with Crippen LogP contribution in [0.1, 0.15) is 49.7 Å². The van der Waals surface area contributed by atoms with E-state index in [0.717, 1.165) is 48.9 Å². The Morgan fingerprint density at radius 1 is 1.15 bits per heavy atom. The number of hydrogen-bond acceptors (Lipinski definition) is 4. The first-order chi connectivity index (χ1) is 12.3. The van der Waals surface area contributed by atoms with Crippen LogP contribution in [0.2, 0.25) is 0 Å². The Morgan fingerprint density at radius 2 is 1.77 bits per heavy atom. The molecule has 4 atom stereocenters. The maximum Gasteiger partial charge on any atom is 0.312 e. The molecular formula is C21H27NO4. The molecule has 4 aliphatic carbocycles. The van der Waals surface area contributed by atoms with Gasteiger partial charge >= 0.3 is 5.97 Å². The van der Waals surface area contributed by atoms with Gasteiger partial charge in [-0.2, -0.15) is 0 Å². The number of hydrogen-bond donors (Lipinski definition) is 2. The van der Waals surface area contributed by atoms with Crippen LogP contribution in [0, 0.1) is 31.1 Å². The molecule has 0 heterocycles. The smallest absolute Gasteiger partial charge is 0.312 e. The summed E-state index contributed by atoms with van der Waals surface area (Å²) < 4.78 is 5.42. The third-order valence-electron chi connectivity index (χ3n) is 6.54. The van der Waals surface area contributed by atoms with E-state index in [1.807, 2.05) is 32.0 Å². The fourth-order valence-corrected chi connectivity index (χ4v) is 5.92. The van der Waals surface area contributed by atoms with Gasteiger partial charge in [0.25, 0.3) is 5.91 Å². The molecule has 5 nitrogen and oxygen atoms in total. The molecule has 140 valence electrons. The summed E-state index contributed by atoms with van der Waals surface area (Å²) in [4.78, 5) is 25.1. The number of amides is 1. The van der Waals surface area contributed by atoms with E-state index in [4.69, 9.17) is 4.74 Å². The number of benzene rings is 1. The van der Waals surface area contributed by atoms with Crippen LogP contribution in [0.5, 0.6) is 0 Å². The highest BCUT2D eigenvalue weighted by molar-refractivity contribution is 5.94. The number of aliphatic hydroxyl groups is 1. The Labute approximate surface area is 154 Å². The summed E-state index contributed by atoms with van der Waals surface area (Å²) in [6.07, 6.45) is 4.82. The van der Waals surface area contributed by atoms with Crippen LogP contribution in [0.3, 0.4) is 0 Å². The molecule has 5 rings (SSSR count). The lowest BCUT2D eigenvalue weighted by atomic mass is 9.48. The minimum Gasteiger partial charge on any atom is -0.455 e. The number of rotatable bonds is 4. The molecule has 1 aromatic carbocycles. The molecule has 4 saturated carbocycles. The molecule has 4 bridgehead atoms. The highest BCUT2D eigenvalue weighted by Gasteiger charge is 2.60. The van der Waals surface area contributed by atoms with Crippen molar-refractivity contribution in [2.75, 3.05) is 11.9 Å². The molecule has 0 aromatic heterocycles. The molecule has 5 heteroatoms. The van der Waals surface area contributed by atoms with E-state index in [-0.39, 0.29) is 18.5 Å². The van der Waals surface area contributed by atoms with Crippen LogP contribution in [0.15, 0.2) is 18.2 Å². The second-order valence-corrected chi connectivity index (χ2v) is 8.86. The van der Waals surface area contributed by atoms with E-state index in [9.17, 15) is 14.7 Å². The summed E-state index contributed by atoms with van der Waals surface area (Å²) in [6.45, 7) is 3.59. The first-order valence-electron chi connectivity index (χ1n) is 9.54. The van der Waals surface area contributed by atoms with Gasteiger partial charge in [0.05, 0.1) is 11.0 Å². The molecule has 0 aliphatic heterocycles. The standard InChI is InChI=1S/C21H27NO4/c1-13-4-3-5-14(2)18(13)22-17(23)11-26-19(24)20-7-15-6-16(8-20)10-21(25,9-15)12-20/h3-5,15-16,25H,6-12H2,1-2H3,(H,22,23)/t15-,16+,20?,21?. The molecule has 2 unspecified atom stereocenters. The van der Waals surface area contributed by atoms with Gasteiger partial charge in [0.2, 0.25) is 0 Å². The lowest BCUT2D eigenvalue weighted by Crippen LogP contribution is -2.58. The van der Waals surface area contributed by atoms with Crippen molar-refractivity contribution < 1.29 is 19.4 Å². The summed E-state index contributed by atoms with van der Waals surface area (Å²) >= 11 is 0. The van der Waals surface area contributed by atoms with Crippen molar-refractivity contribution in [2.45, 2.75) is 58.0 Å². The van der Waals surface area contributed by atoms with Crippen molar-refractivity contribution in [3.63, 3.8) is 0 Å². The molecule has 4 fully saturated rings. The number of carbonyl (C=O) groups is 2. The largest absolute Gasteiger partial charge is 0.455 e. The Balaban J connectivity index is 1.39. The maximum absolute atomic E-state index is 12.8. The van der Waals surface area contributed by atoms with Crippen molar-refractivity contribution >= 4 is 17.6 Å². The maximum atomic E-state index is 12.8. The van der Waals surface area contributed by atoms with Crippen molar-refractivity contribution in [3.05, 3.63) is 29.3 Å². The molecule has 2 N–H and O–H groups in total.